The number of aryl methyl sites for hydroxylation is 2. The van der Waals surface area contributed by atoms with Gasteiger partial charge in [0, 0.05) is 37.1 Å². The van der Waals surface area contributed by atoms with Gasteiger partial charge in [0.2, 0.25) is 0 Å². The van der Waals surface area contributed by atoms with Crippen LogP contribution in [0.2, 0.25) is 0 Å². The molecule has 0 aromatic heterocycles. The first kappa shape index (κ1) is 21.6. The van der Waals surface area contributed by atoms with E-state index in [9.17, 15) is 0 Å². The number of hydrogen-bond donors (Lipinski definition) is 1. The van der Waals surface area contributed by atoms with Gasteiger partial charge in [0.05, 0.1) is 0 Å². The van der Waals surface area contributed by atoms with Crippen LogP contribution >= 0.6 is 12.2 Å². The minimum Gasteiger partial charge on any atom is -0.371 e. The van der Waals surface area contributed by atoms with Crippen LogP contribution in [-0.4, -0.2) is 29.1 Å². The molecule has 0 saturated carbocycles. The fourth-order valence-electron chi connectivity index (χ4n) is 4.09. The topological polar surface area (TPSA) is 18.5 Å². The minimum atomic E-state index is 0.382. The molecule has 0 aliphatic carbocycles. The monoisotopic (exact) mass is 409 g/mol. The van der Waals surface area contributed by atoms with E-state index in [1.807, 2.05) is 0 Å². The number of rotatable bonds is 7. The van der Waals surface area contributed by atoms with Gasteiger partial charge in [-0.1, -0.05) is 38.1 Å². The highest BCUT2D eigenvalue weighted by atomic mass is 32.1. The van der Waals surface area contributed by atoms with Crippen molar-refractivity contribution >= 4 is 28.7 Å². The van der Waals surface area contributed by atoms with Crippen LogP contribution in [0.3, 0.4) is 0 Å². The van der Waals surface area contributed by atoms with E-state index in [4.69, 9.17) is 12.2 Å². The van der Waals surface area contributed by atoms with Gasteiger partial charge in [-0.25, -0.2) is 0 Å². The second-order valence-corrected chi connectivity index (χ2v) is 8.63. The maximum atomic E-state index is 5.82. The zero-order valence-corrected chi connectivity index (χ0v) is 19.2. The number of nitrogens with zero attached hydrogens (tertiary/aromatic N) is 2. The molecule has 2 aromatic rings. The van der Waals surface area contributed by atoms with Crippen molar-refractivity contribution in [3.63, 3.8) is 0 Å². The summed E-state index contributed by atoms with van der Waals surface area (Å²) in [5.74, 6) is 0. The highest BCUT2D eigenvalue weighted by Crippen LogP contribution is 2.29. The summed E-state index contributed by atoms with van der Waals surface area (Å²) in [5, 5.41) is 4.25. The average Bonchev–Trinajstić information content (AvgIpc) is 2.71. The third-order valence-electron chi connectivity index (χ3n) is 5.86. The lowest BCUT2D eigenvalue weighted by Crippen LogP contribution is -2.40. The molecule has 4 heteroatoms. The first-order valence-electron chi connectivity index (χ1n) is 11.0. The van der Waals surface area contributed by atoms with Gasteiger partial charge >= 0.3 is 0 Å². The zero-order chi connectivity index (χ0) is 20.8. The Kier molecular flexibility index (Phi) is 7.54. The second-order valence-electron chi connectivity index (χ2n) is 8.24. The largest absolute Gasteiger partial charge is 0.371 e. The highest BCUT2D eigenvalue weighted by molar-refractivity contribution is 7.80. The SMILES string of the molecule is CCCN1CCCc2cc(CN(C(=S)Nc3cccc(C)c3)[C@H](C)CC)ccc21. The number of benzene rings is 2. The third-order valence-corrected chi connectivity index (χ3v) is 6.19. The summed E-state index contributed by atoms with van der Waals surface area (Å²) in [7, 11) is 0. The van der Waals surface area contributed by atoms with Crippen molar-refractivity contribution in [3.8, 4) is 0 Å². The predicted octanol–water partition coefficient (Wildman–Crippen LogP) is 6.16. The van der Waals surface area contributed by atoms with Crippen molar-refractivity contribution in [1.82, 2.24) is 4.90 Å². The summed E-state index contributed by atoms with van der Waals surface area (Å²) in [5.41, 5.74) is 6.56. The smallest absolute Gasteiger partial charge is 0.173 e. The quantitative estimate of drug-likeness (QED) is 0.552. The first-order valence-corrected chi connectivity index (χ1v) is 11.4. The van der Waals surface area contributed by atoms with E-state index in [0.29, 0.717) is 6.04 Å². The van der Waals surface area contributed by atoms with Crippen molar-refractivity contribution in [2.24, 2.45) is 0 Å². The molecule has 1 aliphatic rings. The van der Waals surface area contributed by atoms with Crippen LogP contribution in [-0.2, 0) is 13.0 Å². The Hall–Kier alpha value is -2.07. The summed E-state index contributed by atoms with van der Waals surface area (Å²) in [4.78, 5) is 4.87. The molecule has 3 nitrogen and oxygen atoms in total. The fraction of sp³-hybridized carbons (Fsp3) is 0.480. The average molecular weight is 410 g/mol. The standard InChI is InChI=1S/C25H35N3S/c1-5-14-27-15-8-10-22-17-21(12-13-24(22)27)18-28(20(4)6-2)25(29)26-23-11-7-9-19(3)16-23/h7,9,11-13,16-17,20H,5-6,8,10,14-15,18H2,1-4H3,(H,26,29)/t20-/m1/s1. The van der Waals surface area contributed by atoms with Crippen molar-refractivity contribution < 1.29 is 0 Å². The Morgan fingerprint density at radius 3 is 2.76 bits per heavy atom. The van der Waals surface area contributed by atoms with Gasteiger partial charge < -0.3 is 15.1 Å². The normalized spacial score (nSPS) is 14.3. The maximum Gasteiger partial charge on any atom is 0.173 e. The number of nitrogens with one attached hydrogen (secondary N) is 1. The van der Waals surface area contributed by atoms with E-state index >= 15 is 0 Å². The van der Waals surface area contributed by atoms with Crippen molar-refractivity contribution in [3.05, 3.63) is 59.2 Å². The lowest BCUT2D eigenvalue weighted by Gasteiger charge is -2.33. The van der Waals surface area contributed by atoms with Gasteiger partial charge in [-0.3, -0.25) is 0 Å². The molecular weight excluding hydrogens is 374 g/mol. The molecule has 3 rings (SSSR count). The second kappa shape index (κ2) is 10.1. The molecule has 0 radical (unpaired) electrons. The maximum absolute atomic E-state index is 5.82. The Labute approximate surface area is 182 Å². The van der Waals surface area contributed by atoms with E-state index < -0.39 is 0 Å². The molecule has 1 atom stereocenters. The Morgan fingerprint density at radius 1 is 1.21 bits per heavy atom. The predicted molar refractivity (Wildman–Crippen MR) is 130 cm³/mol. The summed E-state index contributed by atoms with van der Waals surface area (Å²) in [6.45, 7) is 12.0. The third kappa shape index (κ3) is 5.51. The molecule has 156 valence electrons. The molecule has 1 heterocycles. The summed E-state index contributed by atoms with van der Waals surface area (Å²) >= 11 is 5.82. The minimum absolute atomic E-state index is 0.382. The van der Waals surface area contributed by atoms with Crippen LogP contribution in [0.5, 0.6) is 0 Å². The molecule has 1 N–H and O–H groups in total. The van der Waals surface area contributed by atoms with E-state index in [2.05, 4.69) is 85.3 Å². The molecule has 0 saturated heterocycles. The van der Waals surface area contributed by atoms with Crippen LogP contribution in [0.1, 0.15) is 56.7 Å². The molecule has 0 spiro atoms. The van der Waals surface area contributed by atoms with Crippen molar-refractivity contribution in [1.29, 1.82) is 0 Å². The Balaban J connectivity index is 1.77. The lowest BCUT2D eigenvalue weighted by molar-refractivity contribution is 0.319. The molecule has 0 unspecified atom stereocenters. The molecule has 29 heavy (non-hydrogen) atoms. The number of hydrogen-bond acceptors (Lipinski definition) is 2. The lowest BCUT2D eigenvalue weighted by atomic mass is 9.98. The summed E-state index contributed by atoms with van der Waals surface area (Å²) in [6, 6.07) is 15.8. The van der Waals surface area contributed by atoms with Crippen molar-refractivity contribution in [2.75, 3.05) is 23.3 Å². The Morgan fingerprint density at radius 2 is 2.03 bits per heavy atom. The van der Waals surface area contributed by atoms with Crippen LogP contribution in [0.15, 0.2) is 42.5 Å². The van der Waals surface area contributed by atoms with Crippen LogP contribution < -0.4 is 10.2 Å². The van der Waals surface area contributed by atoms with Gasteiger partial charge in [-0.15, -0.1) is 0 Å². The number of thiocarbonyl (C=S) groups is 1. The van der Waals surface area contributed by atoms with Crippen molar-refractivity contribution in [2.45, 2.75) is 66.0 Å². The molecule has 0 amide bonds. The molecular formula is C25H35N3S. The first-order chi connectivity index (χ1) is 14.0. The number of fused-ring (bicyclic) bond motifs is 1. The fourth-order valence-corrected chi connectivity index (χ4v) is 4.45. The highest BCUT2D eigenvalue weighted by Gasteiger charge is 2.20. The van der Waals surface area contributed by atoms with E-state index in [0.717, 1.165) is 30.3 Å². The zero-order valence-electron chi connectivity index (χ0n) is 18.4. The summed E-state index contributed by atoms with van der Waals surface area (Å²) < 4.78 is 0. The molecule has 1 aliphatic heterocycles. The van der Waals surface area contributed by atoms with Gasteiger partial charge in [-0.05, 0) is 86.6 Å². The summed E-state index contributed by atoms with van der Waals surface area (Å²) in [6.07, 6.45) is 4.68. The molecule has 2 aromatic carbocycles. The van der Waals surface area contributed by atoms with E-state index in [1.165, 1.54) is 48.2 Å². The van der Waals surface area contributed by atoms with Crippen LogP contribution in [0.4, 0.5) is 11.4 Å². The van der Waals surface area contributed by atoms with Crippen LogP contribution in [0.25, 0.3) is 0 Å². The van der Waals surface area contributed by atoms with Gasteiger partial charge in [0.1, 0.15) is 0 Å². The van der Waals surface area contributed by atoms with Crippen LogP contribution in [0, 0.1) is 6.92 Å². The van der Waals surface area contributed by atoms with E-state index in [1.54, 1.807) is 0 Å². The molecule has 0 bridgehead atoms. The Bertz CT molecular complexity index is 833. The van der Waals surface area contributed by atoms with E-state index in [-0.39, 0.29) is 0 Å². The molecule has 0 fully saturated rings. The number of anilines is 2. The van der Waals surface area contributed by atoms with Gasteiger partial charge in [-0.2, -0.15) is 0 Å². The van der Waals surface area contributed by atoms with Gasteiger partial charge in [0.15, 0.2) is 5.11 Å². The van der Waals surface area contributed by atoms with Gasteiger partial charge in [0.25, 0.3) is 0 Å².